The number of methoxy groups -OCH3 is 1. The van der Waals surface area contributed by atoms with E-state index in [1.54, 1.807) is 7.11 Å². The number of benzene rings is 1. The highest BCUT2D eigenvalue weighted by molar-refractivity contribution is 5.26. The molecule has 1 N–H and O–H groups in total. The first-order valence-electron chi connectivity index (χ1n) is 8.15. The summed E-state index contributed by atoms with van der Waals surface area (Å²) in [5, 5.41) is 3.55. The molecule has 2 heteroatoms. The molecule has 0 saturated carbocycles. The molecule has 0 spiro atoms. The second-order valence-corrected chi connectivity index (χ2v) is 5.50. The van der Waals surface area contributed by atoms with Gasteiger partial charge in [0.05, 0.1) is 6.61 Å². The largest absolute Gasteiger partial charge is 0.380 e. The van der Waals surface area contributed by atoms with Gasteiger partial charge in [-0.15, -0.1) is 0 Å². The van der Waals surface area contributed by atoms with E-state index in [0.717, 1.165) is 13.1 Å². The summed E-state index contributed by atoms with van der Waals surface area (Å²) in [7, 11) is 1.75. The Morgan fingerprint density at radius 1 is 0.900 bits per heavy atom. The summed E-state index contributed by atoms with van der Waals surface area (Å²) in [5.74, 6) is 0. The Bertz CT molecular complexity index is 338. The van der Waals surface area contributed by atoms with Gasteiger partial charge in [0.25, 0.3) is 0 Å². The molecular formula is C18H31NO. The summed E-state index contributed by atoms with van der Waals surface area (Å²) in [6, 6.07) is 8.51. The first-order chi connectivity index (χ1) is 9.88. The number of hydrogen-bond acceptors (Lipinski definition) is 2. The molecule has 0 aromatic heterocycles. The molecule has 1 aromatic carbocycles. The van der Waals surface area contributed by atoms with E-state index in [1.807, 2.05) is 0 Å². The number of nitrogens with one attached hydrogen (secondary N) is 1. The van der Waals surface area contributed by atoms with Crippen molar-refractivity contribution in [1.29, 1.82) is 0 Å². The van der Waals surface area contributed by atoms with Gasteiger partial charge in [0.1, 0.15) is 0 Å². The third kappa shape index (κ3) is 7.66. The lowest BCUT2D eigenvalue weighted by Crippen LogP contribution is -2.16. The van der Waals surface area contributed by atoms with E-state index in [9.17, 15) is 0 Å². The Balaban J connectivity index is 2.06. The van der Waals surface area contributed by atoms with Crippen molar-refractivity contribution in [2.24, 2.45) is 0 Å². The predicted octanol–water partition coefficient (Wildman–Crippen LogP) is 4.67. The van der Waals surface area contributed by atoms with Crippen LogP contribution in [0.4, 0.5) is 0 Å². The maximum absolute atomic E-state index is 5.23. The normalized spacial score (nSPS) is 10.9. The van der Waals surface area contributed by atoms with Crippen molar-refractivity contribution in [3.05, 3.63) is 35.4 Å². The van der Waals surface area contributed by atoms with E-state index in [1.165, 1.54) is 56.1 Å². The van der Waals surface area contributed by atoms with E-state index < -0.39 is 0 Å². The summed E-state index contributed by atoms with van der Waals surface area (Å²) in [5.41, 5.74) is 2.65. The van der Waals surface area contributed by atoms with Crippen LogP contribution in [0.5, 0.6) is 0 Å². The number of ether oxygens (including phenoxy) is 1. The molecule has 0 aliphatic carbocycles. The molecule has 0 saturated heterocycles. The minimum Gasteiger partial charge on any atom is -0.380 e. The van der Waals surface area contributed by atoms with Crippen LogP contribution >= 0.6 is 0 Å². The Kier molecular flexibility index (Phi) is 10.3. The standard InChI is InChI=1S/C18H31NO/c1-3-4-5-6-7-8-11-14-19-15-17-12-9-10-13-18(17)16-20-2/h9-10,12-13,19H,3-8,11,14-16H2,1-2H3. The molecule has 2 nitrogen and oxygen atoms in total. The van der Waals surface area contributed by atoms with Crippen molar-refractivity contribution in [3.8, 4) is 0 Å². The van der Waals surface area contributed by atoms with Gasteiger partial charge in [-0.3, -0.25) is 0 Å². The molecule has 0 amide bonds. The lowest BCUT2D eigenvalue weighted by Gasteiger charge is -2.10. The van der Waals surface area contributed by atoms with Gasteiger partial charge < -0.3 is 10.1 Å². The summed E-state index contributed by atoms with van der Waals surface area (Å²) in [6.45, 7) is 5.05. The highest BCUT2D eigenvalue weighted by Crippen LogP contribution is 2.10. The molecule has 0 unspecified atom stereocenters. The lowest BCUT2D eigenvalue weighted by molar-refractivity contribution is 0.184. The molecular weight excluding hydrogens is 246 g/mol. The fourth-order valence-electron chi connectivity index (χ4n) is 2.46. The molecule has 1 rings (SSSR count). The van der Waals surface area contributed by atoms with Gasteiger partial charge in [-0.05, 0) is 24.1 Å². The van der Waals surface area contributed by atoms with Crippen molar-refractivity contribution < 1.29 is 4.74 Å². The fourth-order valence-corrected chi connectivity index (χ4v) is 2.46. The monoisotopic (exact) mass is 277 g/mol. The highest BCUT2D eigenvalue weighted by atomic mass is 16.5. The van der Waals surface area contributed by atoms with E-state index in [2.05, 4.69) is 36.5 Å². The first kappa shape index (κ1) is 17.2. The van der Waals surface area contributed by atoms with Gasteiger partial charge in [-0.1, -0.05) is 69.7 Å². The molecule has 0 radical (unpaired) electrons. The molecule has 1 aromatic rings. The highest BCUT2D eigenvalue weighted by Gasteiger charge is 2.00. The van der Waals surface area contributed by atoms with Crippen molar-refractivity contribution >= 4 is 0 Å². The Labute approximate surface area is 124 Å². The van der Waals surface area contributed by atoms with Gasteiger partial charge >= 0.3 is 0 Å². The zero-order valence-corrected chi connectivity index (χ0v) is 13.3. The number of hydrogen-bond donors (Lipinski definition) is 1. The molecule has 0 heterocycles. The summed E-state index contributed by atoms with van der Waals surface area (Å²) < 4.78 is 5.23. The zero-order valence-electron chi connectivity index (χ0n) is 13.3. The quantitative estimate of drug-likeness (QED) is 0.560. The summed E-state index contributed by atoms with van der Waals surface area (Å²) in [6.07, 6.45) is 9.59. The Morgan fingerprint density at radius 3 is 2.25 bits per heavy atom. The number of rotatable bonds is 12. The number of unbranched alkanes of at least 4 members (excludes halogenated alkanes) is 6. The minimum atomic E-state index is 0.704. The molecule has 0 aliphatic rings. The predicted molar refractivity (Wildman–Crippen MR) is 86.9 cm³/mol. The third-order valence-corrected chi connectivity index (χ3v) is 3.69. The smallest absolute Gasteiger partial charge is 0.0716 e. The van der Waals surface area contributed by atoms with Crippen LogP contribution in [-0.2, 0) is 17.9 Å². The van der Waals surface area contributed by atoms with Gasteiger partial charge in [0.15, 0.2) is 0 Å². The van der Waals surface area contributed by atoms with Crippen LogP contribution in [0.15, 0.2) is 24.3 Å². The zero-order chi connectivity index (χ0) is 14.5. The maximum atomic E-state index is 5.23. The molecule has 114 valence electrons. The van der Waals surface area contributed by atoms with Gasteiger partial charge in [0.2, 0.25) is 0 Å². The molecule has 0 fully saturated rings. The van der Waals surface area contributed by atoms with E-state index >= 15 is 0 Å². The average molecular weight is 277 g/mol. The van der Waals surface area contributed by atoms with E-state index in [0.29, 0.717) is 6.61 Å². The van der Waals surface area contributed by atoms with Crippen LogP contribution < -0.4 is 5.32 Å². The van der Waals surface area contributed by atoms with Crippen molar-refractivity contribution in [2.45, 2.75) is 65.0 Å². The molecule has 0 bridgehead atoms. The Hall–Kier alpha value is -0.860. The average Bonchev–Trinajstić information content (AvgIpc) is 2.47. The fraction of sp³-hybridized carbons (Fsp3) is 0.667. The van der Waals surface area contributed by atoms with Gasteiger partial charge in [0, 0.05) is 13.7 Å². The van der Waals surface area contributed by atoms with Crippen LogP contribution in [-0.4, -0.2) is 13.7 Å². The maximum Gasteiger partial charge on any atom is 0.0716 e. The van der Waals surface area contributed by atoms with Gasteiger partial charge in [-0.25, -0.2) is 0 Å². The van der Waals surface area contributed by atoms with E-state index in [4.69, 9.17) is 4.74 Å². The van der Waals surface area contributed by atoms with Crippen LogP contribution in [0.2, 0.25) is 0 Å². The van der Waals surface area contributed by atoms with Crippen LogP contribution in [0, 0.1) is 0 Å². The SMILES string of the molecule is CCCCCCCCCNCc1ccccc1COC. The topological polar surface area (TPSA) is 21.3 Å². The second kappa shape index (κ2) is 11.9. The molecule has 0 atom stereocenters. The lowest BCUT2D eigenvalue weighted by atomic mass is 10.1. The third-order valence-electron chi connectivity index (χ3n) is 3.69. The molecule has 20 heavy (non-hydrogen) atoms. The van der Waals surface area contributed by atoms with Crippen molar-refractivity contribution in [1.82, 2.24) is 5.32 Å². The first-order valence-corrected chi connectivity index (χ1v) is 8.15. The van der Waals surface area contributed by atoms with Gasteiger partial charge in [-0.2, -0.15) is 0 Å². The molecule has 0 aliphatic heterocycles. The summed E-state index contributed by atoms with van der Waals surface area (Å²) >= 11 is 0. The Morgan fingerprint density at radius 2 is 1.55 bits per heavy atom. The van der Waals surface area contributed by atoms with E-state index in [-0.39, 0.29) is 0 Å². The van der Waals surface area contributed by atoms with Crippen LogP contribution in [0.3, 0.4) is 0 Å². The van der Waals surface area contributed by atoms with Crippen molar-refractivity contribution in [2.75, 3.05) is 13.7 Å². The second-order valence-electron chi connectivity index (χ2n) is 5.50. The minimum absolute atomic E-state index is 0.704. The summed E-state index contributed by atoms with van der Waals surface area (Å²) in [4.78, 5) is 0. The van der Waals surface area contributed by atoms with Crippen LogP contribution in [0.25, 0.3) is 0 Å². The van der Waals surface area contributed by atoms with Crippen molar-refractivity contribution in [3.63, 3.8) is 0 Å². The van der Waals surface area contributed by atoms with Crippen LogP contribution in [0.1, 0.15) is 63.0 Å².